The van der Waals surface area contributed by atoms with Crippen molar-refractivity contribution in [3.05, 3.63) is 41.0 Å². The molecule has 0 unspecified atom stereocenters. The second-order valence-corrected chi connectivity index (χ2v) is 8.37. The molecule has 1 fully saturated rings. The smallest absolute Gasteiger partial charge is 0.291 e. The molecular formula is C21H29N3O3S. The first-order valence-corrected chi connectivity index (χ1v) is 11.0. The van der Waals surface area contributed by atoms with Gasteiger partial charge in [-0.2, -0.15) is 0 Å². The number of benzene rings is 1. The van der Waals surface area contributed by atoms with Crippen molar-refractivity contribution < 1.29 is 14.3 Å². The van der Waals surface area contributed by atoms with Gasteiger partial charge in [0.25, 0.3) is 11.8 Å². The van der Waals surface area contributed by atoms with E-state index in [0.29, 0.717) is 30.2 Å². The van der Waals surface area contributed by atoms with E-state index >= 15 is 0 Å². The fraction of sp³-hybridized carbons (Fsp3) is 0.524. The highest BCUT2D eigenvalue weighted by Crippen LogP contribution is 2.18. The predicted octanol–water partition coefficient (Wildman–Crippen LogP) is 3.08. The Morgan fingerprint density at radius 1 is 1.25 bits per heavy atom. The van der Waals surface area contributed by atoms with Crippen molar-refractivity contribution in [3.63, 3.8) is 0 Å². The summed E-state index contributed by atoms with van der Waals surface area (Å²) in [4.78, 5) is 26.9. The molecule has 3 rings (SSSR count). The number of piperidine rings is 1. The summed E-state index contributed by atoms with van der Waals surface area (Å²) < 4.78 is 5.34. The van der Waals surface area contributed by atoms with Crippen molar-refractivity contribution in [2.75, 3.05) is 43.9 Å². The van der Waals surface area contributed by atoms with Crippen molar-refractivity contribution in [1.29, 1.82) is 0 Å². The average molecular weight is 404 g/mol. The summed E-state index contributed by atoms with van der Waals surface area (Å²) in [7, 11) is 0. The first-order valence-electron chi connectivity index (χ1n) is 9.98. The number of hydrogen-bond donors (Lipinski definition) is 2. The first-order chi connectivity index (χ1) is 13.6. The summed E-state index contributed by atoms with van der Waals surface area (Å²) in [5.41, 5.74) is 1.23. The van der Waals surface area contributed by atoms with Crippen LogP contribution in [0.1, 0.15) is 36.5 Å². The molecule has 1 aromatic carbocycles. The molecule has 1 aromatic rings. The topological polar surface area (TPSA) is 70.7 Å². The van der Waals surface area contributed by atoms with E-state index in [1.807, 2.05) is 0 Å². The van der Waals surface area contributed by atoms with Crippen molar-refractivity contribution in [2.24, 2.45) is 5.92 Å². The van der Waals surface area contributed by atoms with Gasteiger partial charge in [0.05, 0.1) is 6.61 Å². The highest BCUT2D eigenvalue weighted by atomic mass is 32.2. The predicted molar refractivity (Wildman–Crippen MR) is 113 cm³/mol. The lowest BCUT2D eigenvalue weighted by Crippen LogP contribution is -2.36. The number of thioether (sulfide) groups is 1. The molecule has 0 aromatic heterocycles. The molecule has 2 amide bonds. The highest BCUT2D eigenvalue weighted by Gasteiger charge is 2.16. The monoisotopic (exact) mass is 403 g/mol. The third-order valence-electron chi connectivity index (χ3n) is 4.96. The highest BCUT2D eigenvalue weighted by molar-refractivity contribution is 8.02. The van der Waals surface area contributed by atoms with Crippen LogP contribution >= 0.6 is 11.8 Å². The lowest BCUT2D eigenvalue weighted by molar-refractivity contribution is -0.116. The maximum Gasteiger partial charge on any atom is 0.291 e. The van der Waals surface area contributed by atoms with Crippen molar-refractivity contribution in [1.82, 2.24) is 10.2 Å². The molecular weight excluding hydrogens is 374 g/mol. The van der Waals surface area contributed by atoms with E-state index < -0.39 is 0 Å². The molecule has 2 heterocycles. The third-order valence-corrected chi connectivity index (χ3v) is 5.74. The summed E-state index contributed by atoms with van der Waals surface area (Å²) in [5.74, 6) is 1.62. The van der Waals surface area contributed by atoms with Crippen LogP contribution in [0.5, 0.6) is 0 Å². The number of amides is 2. The number of ether oxygens (including phenoxy) is 1. The molecule has 7 heteroatoms. The Balaban J connectivity index is 1.39. The van der Waals surface area contributed by atoms with Crippen molar-refractivity contribution >= 4 is 29.3 Å². The van der Waals surface area contributed by atoms with Crippen LogP contribution in [0.25, 0.3) is 0 Å². The number of nitrogens with one attached hydrogen (secondary N) is 2. The van der Waals surface area contributed by atoms with Gasteiger partial charge in [0.1, 0.15) is 0 Å². The summed E-state index contributed by atoms with van der Waals surface area (Å²) in [6.07, 6.45) is 3.56. The Hall–Kier alpha value is -1.99. The van der Waals surface area contributed by atoms with Gasteiger partial charge < -0.3 is 20.3 Å². The Labute approximate surface area is 171 Å². The van der Waals surface area contributed by atoms with E-state index in [1.165, 1.54) is 25.9 Å². The standard InChI is InChI=1S/C21H29N3O3S/c1-16-4-2-10-24(14-16)11-3-9-22-20(25)17-5-7-18(8-6-17)23-21(26)19-15-28-13-12-27-19/h5-8,15-16H,2-4,9-14H2,1H3,(H,22,25)(H,23,26)/t16-/m0/s1. The normalized spacial score (nSPS) is 20.0. The molecule has 1 saturated heterocycles. The van der Waals surface area contributed by atoms with E-state index in [0.717, 1.165) is 24.6 Å². The number of nitrogens with zero attached hydrogens (tertiary/aromatic N) is 1. The quantitative estimate of drug-likeness (QED) is 0.685. The van der Waals surface area contributed by atoms with Crippen LogP contribution in [-0.4, -0.2) is 55.3 Å². The Bertz CT molecular complexity index is 705. The molecule has 152 valence electrons. The van der Waals surface area contributed by atoms with E-state index in [4.69, 9.17) is 4.74 Å². The molecule has 2 aliphatic heterocycles. The zero-order valence-electron chi connectivity index (χ0n) is 16.4. The Kier molecular flexibility index (Phi) is 7.80. The van der Waals surface area contributed by atoms with Gasteiger partial charge in [0.2, 0.25) is 0 Å². The van der Waals surface area contributed by atoms with E-state index in [-0.39, 0.29) is 11.8 Å². The van der Waals surface area contributed by atoms with Crippen molar-refractivity contribution in [2.45, 2.75) is 26.2 Å². The molecule has 28 heavy (non-hydrogen) atoms. The van der Waals surface area contributed by atoms with Crippen LogP contribution in [-0.2, 0) is 9.53 Å². The van der Waals surface area contributed by atoms with Crippen LogP contribution in [0.2, 0.25) is 0 Å². The number of carbonyl (C=O) groups excluding carboxylic acids is 2. The average Bonchev–Trinajstić information content (AvgIpc) is 2.72. The zero-order valence-corrected chi connectivity index (χ0v) is 17.2. The molecule has 0 radical (unpaired) electrons. The number of rotatable bonds is 7. The molecule has 0 bridgehead atoms. The maximum atomic E-state index is 12.3. The first kappa shape index (κ1) is 20.7. The Morgan fingerprint density at radius 2 is 2.07 bits per heavy atom. The summed E-state index contributed by atoms with van der Waals surface area (Å²) in [6.45, 7) is 6.89. The third kappa shape index (κ3) is 6.27. The minimum absolute atomic E-state index is 0.0837. The number of anilines is 1. The largest absolute Gasteiger partial charge is 0.487 e. The van der Waals surface area contributed by atoms with Crippen LogP contribution in [0.3, 0.4) is 0 Å². The number of hydrogen-bond acceptors (Lipinski definition) is 5. The van der Waals surface area contributed by atoms with Crippen molar-refractivity contribution in [3.8, 4) is 0 Å². The Morgan fingerprint density at radius 3 is 2.79 bits per heavy atom. The molecule has 1 atom stereocenters. The summed E-state index contributed by atoms with van der Waals surface area (Å²) >= 11 is 1.56. The lowest BCUT2D eigenvalue weighted by Gasteiger charge is -2.30. The summed E-state index contributed by atoms with van der Waals surface area (Å²) in [5, 5.41) is 7.49. The van der Waals surface area contributed by atoms with Gasteiger partial charge in [-0.1, -0.05) is 6.92 Å². The fourth-order valence-electron chi connectivity index (χ4n) is 3.48. The molecule has 0 spiro atoms. The maximum absolute atomic E-state index is 12.3. The minimum Gasteiger partial charge on any atom is -0.487 e. The van der Waals surface area contributed by atoms with Gasteiger partial charge >= 0.3 is 0 Å². The van der Waals surface area contributed by atoms with Crippen LogP contribution in [0.4, 0.5) is 5.69 Å². The van der Waals surface area contributed by atoms with Crippen LogP contribution in [0.15, 0.2) is 35.4 Å². The molecule has 6 nitrogen and oxygen atoms in total. The fourth-order valence-corrected chi connectivity index (χ4v) is 4.11. The van der Waals surface area contributed by atoms with E-state index in [2.05, 4.69) is 22.5 Å². The van der Waals surface area contributed by atoms with E-state index in [1.54, 1.807) is 41.4 Å². The van der Waals surface area contributed by atoms with Gasteiger partial charge in [-0.25, -0.2) is 0 Å². The van der Waals surface area contributed by atoms with E-state index in [9.17, 15) is 9.59 Å². The number of likely N-dealkylation sites (tertiary alicyclic amines) is 1. The van der Waals surface area contributed by atoms with Gasteiger partial charge in [-0.15, -0.1) is 11.8 Å². The van der Waals surface area contributed by atoms with Crippen LogP contribution < -0.4 is 10.6 Å². The molecule has 2 N–H and O–H groups in total. The van der Waals surface area contributed by atoms with Crippen LogP contribution in [0, 0.1) is 5.92 Å². The van der Waals surface area contributed by atoms with Gasteiger partial charge in [0.15, 0.2) is 5.76 Å². The number of carbonyl (C=O) groups is 2. The second-order valence-electron chi connectivity index (χ2n) is 7.39. The molecule has 0 saturated carbocycles. The summed E-state index contributed by atoms with van der Waals surface area (Å²) in [6, 6.07) is 6.92. The van der Waals surface area contributed by atoms with Gasteiger partial charge in [-0.05, 0) is 62.5 Å². The molecule has 2 aliphatic rings. The lowest BCUT2D eigenvalue weighted by atomic mass is 10.0. The SMILES string of the molecule is C[C@H]1CCCN(CCCNC(=O)c2ccc(NC(=O)C3=CSCCO3)cc2)C1. The van der Waals surface area contributed by atoms with Gasteiger partial charge in [-0.3, -0.25) is 9.59 Å². The van der Waals surface area contributed by atoms with Gasteiger partial charge in [0, 0.05) is 35.5 Å². The zero-order chi connectivity index (χ0) is 19.8. The minimum atomic E-state index is -0.267. The second kappa shape index (κ2) is 10.5. The molecule has 0 aliphatic carbocycles.